The first-order chi connectivity index (χ1) is 8.49. The minimum absolute atomic E-state index is 0.132. The summed E-state index contributed by atoms with van der Waals surface area (Å²) >= 11 is 0. The lowest BCUT2D eigenvalue weighted by atomic mass is 10.1. The van der Waals surface area contributed by atoms with Gasteiger partial charge in [0.05, 0.1) is 16.9 Å². The molecule has 0 aliphatic carbocycles. The van der Waals surface area contributed by atoms with Crippen molar-refractivity contribution in [2.45, 2.75) is 6.92 Å². The molecule has 0 bridgehead atoms. The van der Waals surface area contributed by atoms with E-state index in [0.717, 1.165) is 0 Å². The van der Waals surface area contributed by atoms with Gasteiger partial charge in [-0.15, -0.1) is 0 Å². The van der Waals surface area contributed by atoms with Crippen LogP contribution in [-0.2, 0) is 0 Å². The summed E-state index contributed by atoms with van der Waals surface area (Å²) < 4.78 is 0. The maximum atomic E-state index is 10.9. The van der Waals surface area contributed by atoms with Crippen molar-refractivity contribution in [3.8, 4) is 6.07 Å². The Kier molecular flexibility index (Phi) is 4.38. The number of carbonyl (C=O) groups excluding carboxylic acids is 1. The molecule has 18 heavy (non-hydrogen) atoms. The largest absolute Gasteiger partial charge is 0.368 e. The van der Waals surface area contributed by atoms with Gasteiger partial charge in [-0.3, -0.25) is 14.9 Å². The van der Waals surface area contributed by atoms with Crippen molar-refractivity contribution < 1.29 is 9.72 Å². The molecule has 0 aliphatic rings. The topological polar surface area (TPSA) is 87.2 Å². The van der Waals surface area contributed by atoms with Gasteiger partial charge in [-0.05, 0) is 19.1 Å². The van der Waals surface area contributed by atoms with E-state index in [4.69, 9.17) is 5.26 Å². The van der Waals surface area contributed by atoms with Gasteiger partial charge in [0.25, 0.3) is 5.69 Å². The quantitative estimate of drug-likeness (QED) is 0.451. The number of aldehydes is 1. The smallest absolute Gasteiger partial charge is 0.293 e. The second kappa shape index (κ2) is 5.77. The molecule has 6 nitrogen and oxygen atoms in total. The predicted octanol–water partition coefficient (Wildman–Crippen LogP) is 2.00. The van der Waals surface area contributed by atoms with E-state index in [0.29, 0.717) is 18.5 Å². The molecule has 0 spiro atoms. The fourth-order valence-electron chi connectivity index (χ4n) is 1.63. The molecule has 0 fully saturated rings. The van der Waals surface area contributed by atoms with Gasteiger partial charge in [-0.1, -0.05) is 0 Å². The highest BCUT2D eigenvalue weighted by Crippen LogP contribution is 2.28. The molecule has 0 N–H and O–H groups in total. The molecule has 0 aromatic heterocycles. The van der Waals surface area contributed by atoms with Crippen LogP contribution in [-0.4, -0.2) is 24.8 Å². The molecule has 0 saturated carbocycles. The van der Waals surface area contributed by atoms with E-state index in [1.54, 1.807) is 18.9 Å². The van der Waals surface area contributed by atoms with Crippen LogP contribution in [0.1, 0.15) is 17.3 Å². The molecule has 1 unspecified atom stereocenters. The Morgan fingerprint density at radius 3 is 2.78 bits per heavy atom. The second-order valence-corrected chi connectivity index (χ2v) is 4.03. The van der Waals surface area contributed by atoms with E-state index in [-0.39, 0.29) is 17.2 Å². The van der Waals surface area contributed by atoms with Gasteiger partial charge >= 0.3 is 0 Å². The minimum Gasteiger partial charge on any atom is -0.368 e. The van der Waals surface area contributed by atoms with Crippen LogP contribution in [0.2, 0.25) is 0 Å². The molecule has 0 aliphatic heterocycles. The highest BCUT2D eigenvalue weighted by Gasteiger charge is 2.18. The van der Waals surface area contributed by atoms with E-state index >= 15 is 0 Å². The highest BCUT2D eigenvalue weighted by atomic mass is 16.6. The molecule has 1 rings (SSSR count). The number of hydrogen-bond donors (Lipinski definition) is 0. The van der Waals surface area contributed by atoms with Gasteiger partial charge in [-0.25, -0.2) is 0 Å². The number of nitriles is 1. The van der Waals surface area contributed by atoms with Crippen molar-refractivity contribution >= 4 is 17.7 Å². The van der Waals surface area contributed by atoms with E-state index in [1.165, 1.54) is 18.2 Å². The summed E-state index contributed by atoms with van der Waals surface area (Å²) in [5, 5.41) is 19.7. The van der Waals surface area contributed by atoms with Crippen molar-refractivity contribution in [2.24, 2.45) is 5.92 Å². The lowest BCUT2D eigenvalue weighted by Crippen LogP contribution is -2.24. The Labute approximate surface area is 105 Å². The molecule has 1 aromatic rings. The molecule has 0 heterocycles. The van der Waals surface area contributed by atoms with E-state index in [1.807, 2.05) is 0 Å². The van der Waals surface area contributed by atoms with Crippen LogP contribution >= 0.6 is 0 Å². The zero-order valence-electron chi connectivity index (χ0n) is 10.2. The zero-order valence-corrected chi connectivity index (χ0v) is 10.2. The van der Waals surface area contributed by atoms with Crippen LogP contribution in [0.5, 0.6) is 0 Å². The van der Waals surface area contributed by atoms with E-state index < -0.39 is 4.92 Å². The van der Waals surface area contributed by atoms with Crippen molar-refractivity contribution in [2.75, 3.05) is 18.5 Å². The van der Waals surface area contributed by atoms with Crippen LogP contribution in [0.3, 0.4) is 0 Å². The third-order valence-corrected chi connectivity index (χ3v) is 2.51. The molecule has 0 saturated heterocycles. The third-order valence-electron chi connectivity index (χ3n) is 2.51. The summed E-state index contributed by atoms with van der Waals surface area (Å²) in [6, 6.07) is 6.34. The summed E-state index contributed by atoms with van der Waals surface area (Å²) in [6.45, 7) is 2.12. The normalized spacial score (nSPS) is 11.4. The fraction of sp³-hybridized carbons (Fsp3) is 0.333. The Morgan fingerprint density at radius 1 is 1.61 bits per heavy atom. The standard InChI is InChI=1S/C12H13N3O3/c1-9(6-13)7-14(2)11-4-3-10(8-16)5-12(11)15(17)18/h3-5,8-9H,7H2,1-2H3. The summed E-state index contributed by atoms with van der Waals surface area (Å²) in [7, 11) is 1.68. The number of benzene rings is 1. The zero-order chi connectivity index (χ0) is 13.7. The van der Waals surface area contributed by atoms with Gasteiger partial charge in [0.1, 0.15) is 12.0 Å². The first-order valence-electron chi connectivity index (χ1n) is 5.34. The molecule has 0 radical (unpaired) electrons. The first kappa shape index (κ1) is 13.6. The Bertz CT molecular complexity index is 508. The number of carbonyl (C=O) groups is 1. The van der Waals surface area contributed by atoms with Crippen LogP contribution < -0.4 is 4.90 Å². The monoisotopic (exact) mass is 247 g/mol. The second-order valence-electron chi connectivity index (χ2n) is 4.03. The molecule has 0 amide bonds. The van der Waals surface area contributed by atoms with Crippen molar-refractivity contribution in [3.05, 3.63) is 33.9 Å². The number of nitro benzene ring substituents is 1. The number of anilines is 1. The highest BCUT2D eigenvalue weighted by molar-refractivity contribution is 5.79. The molecule has 6 heteroatoms. The Morgan fingerprint density at radius 2 is 2.28 bits per heavy atom. The van der Waals surface area contributed by atoms with E-state index in [9.17, 15) is 14.9 Å². The average molecular weight is 247 g/mol. The summed E-state index contributed by atoms with van der Waals surface area (Å²) in [5.74, 6) is -0.236. The lowest BCUT2D eigenvalue weighted by Gasteiger charge is -2.20. The summed E-state index contributed by atoms with van der Waals surface area (Å²) in [4.78, 5) is 22.7. The molecule has 94 valence electrons. The number of rotatable bonds is 5. The Balaban J connectivity index is 3.12. The lowest BCUT2D eigenvalue weighted by molar-refractivity contribution is -0.384. The predicted molar refractivity (Wildman–Crippen MR) is 66.5 cm³/mol. The molecule has 1 aromatic carbocycles. The number of nitrogens with zero attached hydrogens (tertiary/aromatic N) is 3. The van der Waals surface area contributed by atoms with E-state index in [2.05, 4.69) is 6.07 Å². The van der Waals surface area contributed by atoms with Crippen LogP contribution in [0.4, 0.5) is 11.4 Å². The van der Waals surface area contributed by atoms with Crippen LogP contribution in [0.25, 0.3) is 0 Å². The van der Waals surface area contributed by atoms with Crippen molar-refractivity contribution in [1.82, 2.24) is 0 Å². The maximum Gasteiger partial charge on any atom is 0.293 e. The number of hydrogen-bond acceptors (Lipinski definition) is 5. The number of nitro groups is 1. The third kappa shape index (κ3) is 3.04. The minimum atomic E-state index is -0.532. The SMILES string of the molecule is CC(C#N)CN(C)c1ccc(C=O)cc1[N+](=O)[O-]. The molecular weight excluding hydrogens is 234 g/mol. The van der Waals surface area contributed by atoms with Crippen molar-refractivity contribution in [1.29, 1.82) is 5.26 Å². The molecule has 1 atom stereocenters. The maximum absolute atomic E-state index is 10.9. The fourth-order valence-corrected chi connectivity index (χ4v) is 1.63. The Hall–Kier alpha value is -2.42. The molecular formula is C12H13N3O3. The van der Waals surface area contributed by atoms with Crippen LogP contribution in [0, 0.1) is 27.4 Å². The van der Waals surface area contributed by atoms with Crippen LogP contribution in [0.15, 0.2) is 18.2 Å². The summed E-state index contributed by atoms with van der Waals surface area (Å²) in [5.41, 5.74) is 0.520. The van der Waals surface area contributed by atoms with Gasteiger partial charge in [-0.2, -0.15) is 5.26 Å². The average Bonchev–Trinajstić information content (AvgIpc) is 2.37. The van der Waals surface area contributed by atoms with Gasteiger partial charge in [0.15, 0.2) is 0 Å². The van der Waals surface area contributed by atoms with Gasteiger partial charge in [0.2, 0.25) is 0 Å². The van der Waals surface area contributed by atoms with Crippen molar-refractivity contribution in [3.63, 3.8) is 0 Å². The van der Waals surface area contributed by atoms with Gasteiger partial charge in [0, 0.05) is 25.2 Å². The summed E-state index contributed by atoms with van der Waals surface area (Å²) in [6.07, 6.45) is 0.564. The van der Waals surface area contributed by atoms with Gasteiger partial charge < -0.3 is 4.90 Å². The first-order valence-corrected chi connectivity index (χ1v) is 5.34.